The summed E-state index contributed by atoms with van der Waals surface area (Å²) in [4.78, 5) is 0. The third-order valence-corrected chi connectivity index (χ3v) is 5.51. The number of nitrogens with zero attached hydrogens (tertiary/aromatic N) is 2. The van der Waals surface area contributed by atoms with Gasteiger partial charge in [-0.05, 0) is 54.5 Å². The fourth-order valence-corrected chi connectivity index (χ4v) is 4.03. The van der Waals surface area contributed by atoms with Gasteiger partial charge in [-0.15, -0.1) is 0 Å². The zero-order valence-corrected chi connectivity index (χ0v) is 17.0. The molecule has 28 heavy (non-hydrogen) atoms. The molecule has 1 aromatic heterocycles. The second-order valence-electron chi connectivity index (χ2n) is 7.81. The minimum absolute atomic E-state index is 0.448. The molecule has 0 fully saturated rings. The first-order valence-electron chi connectivity index (χ1n) is 10.2. The molecule has 0 unspecified atom stereocenters. The van der Waals surface area contributed by atoms with Gasteiger partial charge in [-0.2, -0.15) is 5.10 Å². The number of rotatable bonds is 5. The van der Waals surface area contributed by atoms with Crippen molar-refractivity contribution in [3.8, 4) is 11.4 Å². The van der Waals surface area contributed by atoms with Gasteiger partial charge in [0.1, 0.15) is 11.6 Å². The van der Waals surface area contributed by atoms with Crippen molar-refractivity contribution in [3.05, 3.63) is 70.9 Å². The first-order valence-corrected chi connectivity index (χ1v) is 10.2. The van der Waals surface area contributed by atoms with Crippen molar-refractivity contribution in [3.63, 3.8) is 0 Å². The second-order valence-corrected chi connectivity index (χ2v) is 7.81. The molecule has 1 aliphatic rings. The van der Waals surface area contributed by atoms with Crippen molar-refractivity contribution in [1.82, 2.24) is 9.78 Å². The summed E-state index contributed by atoms with van der Waals surface area (Å²) in [6, 6.07) is 16.9. The van der Waals surface area contributed by atoms with E-state index in [0.29, 0.717) is 5.92 Å². The quantitative estimate of drug-likeness (QED) is 0.654. The van der Waals surface area contributed by atoms with E-state index < -0.39 is 0 Å². The number of hydrogen-bond acceptors (Lipinski definition) is 3. The summed E-state index contributed by atoms with van der Waals surface area (Å²) in [5, 5.41) is 8.77. The third kappa shape index (κ3) is 3.64. The van der Waals surface area contributed by atoms with Gasteiger partial charge >= 0.3 is 0 Å². The fraction of sp³-hybridized carbons (Fsp3) is 0.375. The SMILES string of the molecule is COc1cccc(Cc2nn(-c3ccccc3C(C)C)c3c2CCCCN3)c1. The van der Waals surface area contributed by atoms with Crippen molar-refractivity contribution in [2.24, 2.45) is 0 Å². The number of ether oxygens (including phenoxy) is 1. The minimum atomic E-state index is 0.448. The summed E-state index contributed by atoms with van der Waals surface area (Å²) in [6.07, 6.45) is 4.28. The van der Waals surface area contributed by atoms with E-state index in [4.69, 9.17) is 9.84 Å². The molecule has 1 aliphatic heterocycles. The average Bonchev–Trinajstić information content (AvgIpc) is 2.89. The van der Waals surface area contributed by atoms with E-state index >= 15 is 0 Å². The topological polar surface area (TPSA) is 39.1 Å². The van der Waals surface area contributed by atoms with Gasteiger partial charge in [-0.1, -0.05) is 44.2 Å². The van der Waals surface area contributed by atoms with Crippen LogP contribution in [-0.2, 0) is 12.8 Å². The van der Waals surface area contributed by atoms with E-state index in [1.807, 2.05) is 6.07 Å². The number of fused-ring (bicyclic) bond motifs is 1. The van der Waals surface area contributed by atoms with Gasteiger partial charge in [0.2, 0.25) is 0 Å². The summed E-state index contributed by atoms with van der Waals surface area (Å²) in [5.41, 5.74) is 6.26. The largest absolute Gasteiger partial charge is 0.497 e. The lowest BCUT2D eigenvalue weighted by molar-refractivity contribution is 0.414. The average molecular weight is 376 g/mol. The van der Waals surface area contributed by atoms with Crippen molar-refractivity contribution in [1.29, 1.82) is 0 Å². The first kappa shape index (κ1) is 18.6. The van der Waals surface area contributed by atoms with E-state index in [1.165, 1.54) is 41.0 Å². The van der Waals surface area contributed by atoms with Crippen LogP contribution in [0.4, 0.5) is 5.82 Å². The molecule has 0 aliphatic carbocycles. The van der Waals surface area contributed by atoms with Gasteiger partial charge in [-0.25, -0.2) is 4.68 Å². The Bertz CT molecular complexity index is 958. The standard InChI is InChI=1S/C24H29N3O/c1-17(2)20-11-4-5-13-23(20)27-24-21(12-6-7-14-25-24)22(26-27)16-18-9-8-10-19(15-18)28-3/h4-5,8-11,13,15,17,25H,6-7,12,14,16H2,1-3H3. The van der Waals surface area contributed by atoms with E-state index in [2.05, 4.69) is 66.3 Å². The van der Waals surface area contributed by atoms with Gasteiger partial charge in [0.05, 0.1) is 18.5 Å². The molecule has 1 N–H and O–H groups in total. The predicted octanol–water partition coefficient (Wildman–Crippen LogP) is 5.34. The van der Waals surface area contributed by atoms with Crippen molar-refractivity contribution in [2.45, 2.75) is 45.4 Å². The number of para-hydroxylation sites is 1. The van der Waals surface area contributed by atoms with Gasteiger partial charge in [-0.3, -0.25) is 0 Å². The van der Waals surface area contributed by atoms with Gasteiger partial charge < -0.3 is 10.1 Å². The molecule has 2 heterocycles. The van der Waals surface area contributed by atoms with E-state index in [-0.39, 0.29) is 0 Å². The highest BCUT2D eigenvalue weighted by molar-refractivity contribution is 5.57. The molecule has 2 aromatic carbocycles. The van der Waals surface area contributed by atoms with Crippen molar-refractivity contribution >= 4 is 5.82 Å². The molecular formula is C24H29N3O. The first-order chi connectivity index (χ1) is 13.7. The Hall–Kier alpha value is -2.75. The molecule has 0 saturated carbocycles. The summed E-state index contributed by atoms with van der Waals surface area (Å²) < 4.78 is 7.55. The predicted molar refractivity (Wildman–Crippen MR) is 115 cm³/mol. The summed E-state index contributed by atoms with van der Waals surface area (Å²) >= 11 is 0. The molecule has 4 nitrogen and oxygen atoms in total. The molecule has 0 radical (unpaired) electrons. The summed E-state index contributed by atoms with van der Waals surface area (Å²) in [7, 11) is 1.71. The van der Waals surface area contributed by atoms with Gasteiger partial charge in [0.25, 0.3) is 0 Å². The number of hydrogen-bond donors (Lipinski definition) is 1. The lowest BCUT2D eigenvalue weighted by Crippen LogP contribution is -2.09. The van der Waals surface area contributed by atoms with Gasteiger partial charge in [0.15, 0.2) is 0 Å². The molecule has 0 spiro atoms. The Kier molecular flexibility index (Phi) is 5.38. The van der Waals surface area contributed by atoms with Crippen molar-refractivity contribution in [2.75, 3.05) is 19.0 Å². The minimum Gasteiger partial charge on any atom is -0.497 e. The number of nitrogens with one attached hydrogen (secondary N) is 1. The monoisotopic (exact) mass is 375 g/mol. The molecule has 4 rings (SSSR count). The Labute approximate surface area is 167 Å². The summed E-state index contributed by atoms with van der Waals surface area (Å²) in [6.45, 7) is 5.48. The Balaban J connectivity index is 1.80. The normalized spacial score (nSPS) is 13.7. The van der Waals surface area contributed by atoms with Gasteiger partial charge in [0, 0.05) is 18.5 Å². The van der Waals surface area contributed by atoms with Crippen LogP contribution in [0.5, 0.6) is 5.75 Å². The fourth-order valence-electron chi connectivity index (χ4n) is 4.03. The van der Waals surface area contributed by atoms with E-state index in [0.717, 1.165) is 30.8 Å². The highest BCUT2D eigenvalue weighted by atomic mass is 16.5. The maximum Gasteiger partial charge on any atom is 0.133 e. The maximum absolute atomic E-state index is 5.40. The smallest absolute Gasteiger partial charge is 0.133 e. The van der Waals surface area contributed by atoms with Crippen LogP contribution >= 0.6 is 0 Å². The number of anilines is 1. The van der Waals surface area contributed by atoms with E-state index in [1.54, 1.807) is 7.11 Å². The van der Waals surface area contributed by atoms with Crippen LogP contribution < -0.4 is 10.1 Å². The molecule has 146 valence electrons. The van der Waals surface area contributed by atoms with Crippen LogP contribution in [0.25, 0.3) is 5.69 Å². The Morgan fingerprint density at radius 3 is 2.79 bits per heavy atom. The zero-order chi connectivity index (χ0) is 19.5. The Morgan fingerprint density at radius 2 is 1.96 bits per heavy atom. The maximum atomic E-state index is 5.40. The molecule has 4 heteroatoms. The highest BCUT2D eigenvalue weighted by Crippen LogP contribution is 2.32. The molecule has 0 saturated heterocycles. The zero-order valence-electron chi connectivity index (χ0n) is 17.0. The van der Waals surface area contributed by atoms with Crippen LogP contribution in [0.2, 0.25) is 0 Å². The number of aromatic nitrogens is 2. The second kappa shape index (κ2) is 8.09. The third-order valence-electron chi connectivity index (χ3n) is 5.51. The van der Waals surface area contributed by atoms with Crippen molar-refractivity contribution < 1.29 is 4.74 Å². The lowest BCUT2D eigenvalue weighted by atomic mass is 10.0. The molecule has 0 bridgehead atoms. The lowest BCUT2D eigenvalue weighted by Gasteiger charge is -2.15. The van der Waals surface area contributed by atoms with Crippen LogP contribution in [0.3, 0.4) is 0 Å². The molecule has 3 aromatic rings. The highest BCUT2D eigenvalue weighted by Gasteiger charge is 2.22. The van der Waals surface area contributed by atoms with Crippen LogP contribution in [0, 0.1) is 0 Å². The van der Waals surface area contributed by atoms with E-state index in [9.17, 15) is 0 Å². The number of benzene rings is 2. The summed E-state index contributed by atoms with van der Waals surface area (Å²) in [5.74, 6) is 2.51. The molecule has 0 atom stereocenters. The van der Waals surface area contributed by atoms with Crippen LogP contribution in [-0.4, -0.2) is 23.4 Å². The van der Waals surface area contributed by atoms with Crippen LogP contribution in [0.1, 0.15) is 55.0 Å². The van der Waals surface area contributed by atoms with Crippen LogP contribution in [0.15, 0.2) is 48.5 Å². The molecular weight excluding hydrogens is 346 g/mol. The number of methoxy groups -OCH3 is 1. The molecule has 0 amide bonds. The Morgan fingerprint density at radius 1 is 1.11 bits per heavy atom.